The predicted molar refractivity (Wildman–Crippen MR) is 84.1 cm³/mol. The summed E-state index contributed by atoms with van der Waals surface area (Å²) in [7, 11) is 0. The van der Waals surface area contributed by atoms with Crippen LogP contribution in [0.5, 0.6) is 0 Å². The van der Waals surface area contributed by atoms with E-state index >= 15 is 0 Å². The van der Waals surface area contributed by atoms with E-state index in [1.54, 1.807) is 13.8 Å². The van der Waals surface area contributed by atoms with Crippen molar-refractivity contribution in [1.29, 1.82) is 0 Å². The molecule has 142 valence electrons. The summed E-state index contributed by atoms with van der Waals surface area (Å²) in [5.41, 5.74) is -0.646. The number of para-hydroxylation sites is 1. The Kier molecular flexibility index (Phi) is 4.95. The number of carbonyl (C=O) groups is 1. The highest BCUT2D eigenvalue weighted by molar-refractivity contribution is 5.94. The van der Waals surface area contributed by atoms with Gasteiger partial charge in [0.25, 0.3) is 5.69 Å². The second-order valence-corrected chi connectivity index (χ2v) is 6.46. The molecule has 10 heteroatoms. The van der Waals surface area contributed by atoms with Gasteiger partial charge in [0.2, 0.25) is 0 Å². The molecule has 1 aromatic carbocycles. The maximum Gasteiger partial charge on any atom is 0.345 e. The molecule has 0 bridgehead atoms. The number of ether oxygens (including phenoxy) is 4. The number of hydrogen-bond donors (Lipinski definition) is 2. The van der Waals surface area contributed by atoms with E-state index in [-0.39, 0.29) is 5.56 Å². The van der Waals surface area contributed by atoms with E-state index in [0.29, 0.717) is 0 Å². The number of nitrogens with zero attached hydrogens (tertiary/aromatic N) is 1. The zero-order chi connectivity index (χ0) is 19.1. The molecular formula is C16H19NO9. The Morgan fingerprint density at radius 2 is 2.08 bits per heavy atom. The number of rotatable bonds is 5. The highest BCUT2D eigenvalue weighted by Gasteiger charge is 2.58. The molecule has 2 fully saturated rings. The number of aliphatic hydroxyl groups is 2. The first-order valence-corrected chi connectivity index (χ1v) is 7.98. The van der Waals surface area contributed by atoms with Crippen LogP contribution in [-0.2, 0) is 18.9 Å². The summed E-state index contributed by atoms with van der Waals surface area (Å²) in [5.74, 6) is -1.96. The molecule has 0 aromatic heterocycles. The van der Waals surface area contributed by atoms with Gasteiger partial charge in [-0.2, -0.15) is 0 Å². The fourth-order valence-electron chi connectivity index (χ4n) is 3.04. The van der Waals surface area contributed by atoms with Crippen LogP contribution in [0.2, 0.25) is 0 Å². The first-order valence-electron chi connectivity index (χ1n) is 7.98. The van der Waals surface area contributed by atoms with Crippen molar-refractivity contribution in [3.05, 3.63) is 39.9 Å². The number of esters is 1. The topological polar surface area (TPSA) is 138 Å². The van der Waals surface area contributed by atoms with E-state index in [0.717, 1.165) is 0 Å². The molecule has 2 aliphatic rings. The molecule has 0 spiro atoms. The molecule has 3 rings (SSSR count). The van der Waals surface area contributed by atoms with Crippen molar-refractivity contribution in [3.63, 3.8) is 0 Å². The molecule has 1 aromatic rings. The van der Waals surface area contributed by atoms with Gasteiger partial charge in [0.05, 0.1) is 11.5 Å². The Bertz CT molecular complexity index is 707. The second-order valence-electron chi connectivity index (χ2n) is 6.46. The van der Waals surface area contributed by atoms with Gasteiger partial charge in [-0.05, 0) is 19.9 Å². The highest BCUT2D eigenvalue weighted by atomic mass is 16.8. The third-order valence-electron chi connectivity index (χ3n) is 4.16. The number of aliphatic hydroxyl groups excluding tert-OH is 2. The van der Waals surface area contributed by atoms with Crippen molar-refractivity contribution in [3.8, 4) is 0 Å². The van der Waals surface area contributed by atoms with Crippen LogP contribution >= 0.6 is 0 Å². The third-order valence-corrected chi connectivity index (χ3v) is 4.16. The van der Waals surface area contributed by atoms with Gasteiger partial charge in [0.1, 0.15) is 17.8 Å². The van der Waals surface area contributed by atoms with E-state index in [4.69, 9.17) is 18.9 Å². The Morgan fingerprint density at radius 1 is 1.38 bits per heavy atom. The third kappa shape index (κ3) is 3.41. The van der Waals surface area contributed by atoms with Gasteiger partial charge in [0, 0.05) is 6.07 Å². The average Bonchev–Trinajstić information content (AvgIpc) is 3.06. The van der Waals surface area contributed by atoms with Gasteiger partial charge in [0.15, 0.2) is 24.3 Å². The number of benzene rings is 1. The van der Waals surface area contributed by atoms with Gasteiger partial charge in [-0.1, -0.05) is 12.1 Å². The predicted octanol–water partition coefficient (Wildman–Crippen LogP) is 0.350. The maximum atomic E-state index is 12.5. The van der Waals surface area contributed by atoms with Crippen LogP contribution in [0.1, 0.15) is 24.2 Å². The number of carbonyl (C=O) groups excluding carboxylic acids is 1. The summed E-state index contributed by atoms with van der Waals surface area (Å²) in [6.07, 6.45) is -5.31. The molecule has 10 nitrogen and oxygen atoms in total. The summed E-state index contributed by atoms with van der Waals surface area (Å²) >= 11 is 0. The average molecular weight is 369 g/mol. The van der Waals surface area contributed by atoms with E-state index in [1.165, 1.54) is 24.3 Å². The Morgan fingerprint density at radius 3 is 2.73 bits per heavy atom. The summed E-state index contributed by atoms with van der Waals surface area (Å²) in [5, 5.41) is 30.3. The molecular weight excluding hydrogens is 350 g/mol. The van der Waals surface area contributed by atoms with E-state index in [2.05, 4.69) is 0 Å². The lowest BCUT2D eigenvalue weighted by Crippen LogP contribution is -2.45. The molecule has 0 aliphatic carbocycles. The van der Waals surface area contributed by atoms with Crippen LogP contribution < -0.4 is 0 Å². The van der Waals surface area contributed by atoms with Crippen molar-refractivity contribution in [2.45, 2.75) is 50.3 Å². The largest absolute Gasteiger partial charge is 0.453 e. The van der Waals surface area contributed by atoms with Crippen LogP contribution in [0.15, 0.2) is 24.3 Å². The molecule has 5 atom stereocenters. The monoisotopic (exact) mass is 369 g/mol. The Labute approximate surface area is 148 Å². The first-order chi connectivity index (χ1) is 12.2. The molecule has 0 radical (unpaired) electrons. The second kappa shape index (κ2) is 6.89. The van der Waals surface area contributed by atoms with Gasteiger partial charge < -0.3 is 29.2 Å². The fraction of sp³-hybridized carbons (Fsp3) is 0.562. The lowest BCUT2D eigenvalue weighted by atomic mass is 10.1. The SMILES string of the molecule is CC1(C)O[C@H]2O[C@H]([C@H](O)CO)[C@H](OC(=O)c3ccccc3[N+](=O)[O-])[C@H]2O1. The summed E-state index contributed by atoms with van der Waals surface area (Å²) in [4.78, 5) is 22.9. The van der Waals surface area contributed by atoms with Crippen molar-refractivity contribution in [1.82, 2.24) is 0 Å². The number of nitro benzene ring substituents is 1. The van der Waals surface area contributed by atoms with Crippen molar-refractivity contribution < 1.29 is 38.9 Å². The Hall–Kier alpha value is -2.11. The molecule has 2 heterocycles. The van der Waals surface area contributed by atoms with Crippen LogP contribution in [0.4, 0.5) is 5.69 Å². The molecule has 0 saturated carbocycles. The number of hydrogen-bond acceptors (Lipinski definition) is 9. The van der Waals surface area contributed by atoms with Crippen LogP contribution in [0, 0.1) is 10.1 Å². The van der Waals surface area contributed by atoms with Gasteiger partial charge in [-0.25, -0.2) is 4.79 Å². The quantitative estimate of drug-likeness (QED) is 0.428. The summed E-state index contributed by atoms with van der Waals surface area (Å²) < 4.78 is 22.1. The molecule has 2 N–H and O–H groups in total. The highest BCUT2D eigenvalue weighted by Crippen LogP contribution is 2.40. The normalized spacial score (nSPS) is 30.6. The standard InChI is InChI=1S/C16H19NO9/c1-16(2)25-13-12(11(10(19)7-18)24-15(13)26-16)23-14(20)8-5-3-4-6-9(8)17(21)22/h3-6,10-13,15,18-19H,7H2,1-2H3/t10-,11-,12+,13-,15-/m1/s1. The first kappa shape index (κ1) is 18.7. The fourth-order valence-corrected chi connectivity index (χ4v) is 3.04. The van der Waals surface area contributed by atoms with E-state index in [9.17, 15) is 25.1 Å². The summed E-state index contributed by atoms with van der Waals surface area (Å²) in [6, 6.07) is 5.35. The molecule has 2 aliphatic heterocycles. The van der Waals surface area contributed by atoms with Gasteiger partial charge in [-0.3, -0.25) is 10.1 Å². The lowest BCUT2D eigenvalue weighted by Gasteiger charge is -2.27. The maximum absolute atomic E-state index is 12.5. The van der Waals surface area contributed by atoms with E-state index in [1.807, 2.05) is 0 Å². The Balaban J connectivity index is 1.85. The molecule has 2 saturated heterocycles. The summed E-state index contributed by atoms with van der Waals surface area (Å²) in [6.45, 7) is 2.66. The number of nitro groups is 1. The van der Waals surface area contributed by atoms with Crippen molar-refractivity contribution >= 4 is 11.7 Å². The van der Waals surface area contributed by atoms with E-state index < -0.39 is 59.7 Å². The van der Waals surface area contributed by atoms with Crippen molar-refractivity contribution in [2.75, 3.05) is 6.61 Å². The van der Waals surface area contributed by atoms with Crippen LogP contribution in [-0.4, -0.2) is 64.2 Å². The number of fused-ring (bicyclic) bond motifs is 1. The lowest BCUT2D eigenvalue weighted by molar-refractivity contribution is -0.385. The zero-order valence-electron chi connectivity index (χ0n) is 14.1. The van der Waals surface area contributed by atoms with Crippen LogP contribution in [0.3, 0.4) is 0 Å². The van der Waals surface area contributed by atoms with Gasteiger partial charge in [-0.15, -0.1) is 0 Å². The minimum atomic E-state index is -1.35. The van der Waals surface area contributed by atoms with Crippen molar-refractivity contribution in [2.24, 2.45) is 0 Å². The molecule has 26 heavy (non-hydrogen) atoms. The minimum absolute atomic E-state index is 0.239. The zero-order valence-corrected chi connectivity index (χ0v) is 14.1. The smallest absolute Gasteiger partial charge is 0.345 e. The molecule has 0 amide bonds. The minimum Gasteiger partial charge on any atom is -0.453 e. The van der Waals surface area contributed by atoms with Gasteiger partial charge >= 0.3 is 5.97 Å². The van der Waals surface area contributed by atoms with Crippen LogP contribution in [0.25, 0.3) is 0 Å². The molecule has 0 unspecified atom stereocenters.